The van der Waals surface area contributed by atoms with Crippen molar-refractivity contribution in [2.75, 3.05) is 14.2 Å². The highest BCUT2D eigenvalue weighted by molar-refractivity contribution is 7.13. The van der Waals surface area contributed by atoms with Gasteiger partial charge in [0, 0.05) is 29.2 Å². The number of carbonyl (C=O) groups excluding carboxylic acids is 1. The molecule has 2 aromatic heterocycles. The second-order valence-corrected chi connectivity index (χ2v) is 6.16. The lowest BCUT2D eigenvalue weighted by atomic mass is 10.1. The van der Waals surface area contributed by atoms with Crippen LogP contribution in [-0.2, 0) is 11.3 Å². The fourth-order valence-electron chi connectivity index (χ4n) is 2.38. The molecule has 0 radical (unpaired) electrons. The molecule has 3 rings (SSSR count). The number of hydrogen-bond acceptors (Lipinski definition) is 7. The summed E-state index contributed by atoms with van der Waals surface area (Å²) in [5, 5.41) is 2.28. The molecule has 0 saturated heterocycles. The van der Waals surface area contributed by atoms with Crippen molar-refractivity contribution in [3.05, 3.63) is 52.9 Å². The third-order valence-corrected chi connectivity index (χ3v) is 4.63. The second-order valence-electron chi connectivity index (χ2n) is 5.30. The van der Waals surface area contributed by atoms with Crippen LogP contribution in [0.5, 0.6) is 5.75 Å². The lowest BCUT2D eigenvalue weighted by molar-refractivity contribution is 0.0596. The van der Waals surface area contributed by atoms with Gasteiger partial charge in [0.2, 0.25) is 0 Å². The smallest absolute Gasteiger partial charge is 0.341 e. The summed E-state index contributed by atoms with van der Waals surface area (Å²) < 4.78 is 24.4. The molecular weight excluding hydrogens is 357 g/mol. The third-order valence-electron chi connectivity index (χ3n) is 3.76. The topological polar surface area (TPSA) is 87.3 Å². The van der Waals surface area contributed by atoms with Gasteiger partial charge in [0.1, 0.15) is 22.1 Å². The Balaban J connectivity index is 1.99. The van der Waals surface area contributed by atoms with Crippen LogP contribution in [0.25, 0.3) is 21.8 Å². The van der Waals surface area contributed by atoms with Crippen LogP contribution in [0.2, 0.25) is 0 Å². The molecule has 2 heterocycles. The Hall–Kier alpha value is -2.84. The molecule has 0 aliphatic rings. The summed E-state index contributed by atoms with van der Waals surface area (Å²) in [6.45, 7) is 0.361. The van der Waals surface area contributed by atoms with Crippen molar-refractivity contribution < 1.29 is 18.7 Å². The van der Waals surface area contributed by atoms with Gasteiger partial charge in [0.25, 0.3) is 0 Å². The first-order chi connectivity index (χ1) is 12.6. The van der Waals surface area contributed by atoms with Crippen LogP contribution in [0, 0.1) is 5.82 Å². The minimum Gasteiger partial charge on any atom is -0.496 e. The number of halogens is 1. The minimum absolute atomic E-state index is 0.0228. The molecule has 1 aromatic carbocycles. The molecular formula is C18H16FN3O3S. The molecule has 0 saturated carbocycles. The molecule has 0 fully saturated rings. The van der Waals surface area contributed by atoms with E-state index >= 15 is 0 Å². The highest BCUT2D eigenvalue weighted by Gasteiger charge is 2.20. The Morgan fingerprint density at radius 1 is 1.31 bits per heavy atom. The van der Waals surface area contributed by atoms with Crippen LogP contribution in [-0.4, -0.2) is 30.2 Å². The Kier molecular flexibility index (Phi) is 5.24. The molecule has 0 atom stereocenters. The van der Waals surface area contributed by atoms with Gasteiger partial charge in [-0.15, -0.1) is 11.3 Å². The van der Waals surface area contributed by atoms with E-state index in [0.717, 1.165) is 17.3 Å². The number of pyridine rings is 1. The van der Waals surface area contributed by atoms with Gasteiger partial charge in [0.05, 0.1) is 25.6 Å². The number of aromatic nitrogens is 2. The number of hydrogen-bond donors (Lipinski definition) is 1. The lowest BCUT2D eigenvalue weighted by Gasteiger charge is -2.09. The average Bonchev–Trinajstić information content (AvgIpc) is 3.17. The van der Waals surface area contributed by atoms with E-state index in [2.05, 4.69) is 14.7 Å². The molecule has 26 heavy (non-hydrogen) atoms. The number of rotatable bonds is 5. The van der Waals surface area contributed by atoms with Crippen LogP contribution in [0.1, 0.15) is 16.1 Å². The van der Waals surface area contributed by atoms with E-state index in [0.29, 0.717) is 17.2 Å². The van der Waals surface area contributed by atoms with Gasteiger partial charge in [-0.3, -0.25) is 4.98 Å². The van der Waals surface area contributed by atoms with Gasteiger partial charge in [-0.1, -0.05) is 0 Å². The largest absolute Gasteiger partial charge is 0.496 e. The van der Waals surface area contributed by atoms with Crippen LogP contribution in [0.3, 0.4) is 0 Å². The number of nitrogens with two attached hydrogens (primary N) is 1. The molecule has 0 aliphatic heterocycles. The van der Waals surface area contributed by atoms with Crippen molar-refractivity contribution in [3.63, 3.8) is 0 Å². The summed E-state index contributed by atoms with van der Waals surface area (Å²) in [7, 11) is 2.63. The number of carbonyl (C=O) groups is 1. The number of thiazole rings is 1. The second kappa shape index (κ2) is 7.59. The van der Waals surface area contributed by atoms with E-state index in [1.54, 1.807) is 6.20 Å². The summed E-state index contributed by atoms with van der Waals surface area (Å²) in [4.78, 5) is 20.4. The summed E-state index contributed by atoms with van der Waals surface area (Å²) in [6, 6.07) is 6.23. The Morgan fingerprint density at radius 3 is 2.73 bits per heavy atom. The van der Waals surface area contributed by atoms with E-state index in [1.807, 2.05) is 17.5 Å². The molecule has 0 amide bonds. The standard InChI is InChI=1S/C18H16FN3O3S/c1-24-16-6-12(14(19)5-13(16)18(23)25-2)17-22-15(9-26-17)10-3-4-11(7-20)21-8-10/h3-6,8-9H,7,20H2,1-2H3. The molecule has 0 aliphatic carbocycles. The first-order valence-electron chi connectivity index (χ1n) is 7.64. The van der Waals surface area contributed by atoms with Crippen LogP contribution < -0.4 is 10.5 Å². The van der Waals surface area contributed by atoms with Crippen LogP contribution >= 0.6 is 11.3 Å². The van der Waals surface area contributed by atoms with Crippen molar-refractivity contribution in [2.24, 2.45) is 5.73 Å². The summed E-state index contributed by atoms with van der Waals surface area (Å²) >= 11 is 1.29. The van der Waals surface area contributed by atoms with Crippen LogP contribution in [0.15, 0.2) is 35.8 Å². The lowest BCUT2D eigenvalue weighted by Crippen LogP contribution is -2.05. The predicted molar refractivity (Wildman–Crippen MR) is 96.5 cm³/mol. The third kappa shape index (κ3) is 3.42. The average molecular weight is 373 g/mol. The molecule has 6 nitrogen and oxygen atoms in total. The zero-order chi connectivity index (χ0) is 18.7. The molecule has 0 unspecified atom stereocenters. The molecule has 3 aromatic rings. The van der Waals surface area contributed by atoms with Gasteiger partial charge in [-0.05, 0) is 24.3 Å². The molecule has 8 heteroatoms. The van der Waals surface area contributed by atoms with Crippen molar-refractivity contribution >= 4 is 17.3 Å². The van der Waals surface area contributed by atoms with E-state index in [1.165, 1.54) is 31.6 Å². The maximum absolute atomic E-state index is 14.5. The van der Waals surface area contributed by atoms with Crippen LogP contribution in [0.4, 0.5) is 4.39 Å². The number of esters is 1. The van der Waals surface area contributed by atoms with Crippen molar-refractivity contribution in [1.29, 1.82) is 0 Å². The van der Waals surface area contributed by atoms with Crippen molar-refractivity contribution in [2.45, 2.75) is 6.54 Å². The predicted octanol–water partition coefficient (Wildman–Crippen LogP) is 3.27. The number of ether oxygens (including phenoxy) is 2. The van der Waals surface area contributed by atoms with Gasteiger partial charge < -0.3 is 15.2 Å². The highest BCUT2D eigenvalue weighted by atomic mass is 32.1. The monoisotopic (exact) mass is 373 g/mol. The van der Waals surface area contributed by atoms with E-state index in [4.69, 9.17) is 10.5 Å². The first-order valence-corrected chi connectivity index (χ1v) is 8.52. The van der Waals surface area contributed by atoms with Gasteiger partial charge >= 0.3 is 5.97 Å². The molecule has 2 N–H and O–H groups in total. The van der Waals surface area contributed by atoms with Crippen molar-refractivity contribution in [3.8, 4) is 27.6 Å². The highest BCUT2D eigenvalue weighted by Crippen LogP contribution is 2.34. The summed E-state index contributed by atoms with van der Waals surface area (Å²) in [6.07, 6.45) is 1.68. The number of nitrogens with zero attached hydrogens (tertiary/aromatic N) is 2. The Morgan fingerprint density at radius 2 is 2.12 bits per heavy atom. The fraction of sp³-hybridized carbons (Fsp3) is 0.167. The normalized spacial score (nSPS) is 10.6. The van der Waals surface area contributed by atoms with Gasteiger partial charge in [-0.2, -0.15) is 0 Å². The van der Waals surface area contributed by atoms with Gasteiger partial charge in [-0.25, -0.2) is 14.2 Å². The fourth-order valence-corrected chi connectivity index (χ4v) is 3.23. The van der Waals surface area contributed by atoms with Crippen molar-refractivity contribution in [1.82, 2.24) is 9.97 Å². The molecule has 134 valence electrons. The number of methoxy groups -OCH3 is 2. The zero-order valence-electron chi connectivity index (χ0n) is 14.2. The zero-order valence-corrected chi connectivity index (χ0v) is 15.0. The maximum atomic E-state index is 14.5. The van der Waals surface area contributed by atoms with E-state index in [-0.39, 0.29) is 16.9 Å². The minimum atomic E-state index is -0.668. The maximum Gasteiger partial charge on any atom is 0.341 e. The van der Waals surface area contributed by atoms with Gasteiger partial charge in [0.15, 0.2) is 0 Å². The SMILES string of the molecule is COC(=O)c1cc(F)c(-c2nc(-c3ccc(CN)nc3)cs2)cc1OC. The Bertz CT molecular complexity index is 941. The first kappa shape index (κ1) is 18.0. The van der Waals surface area contributed by atoms with E-state index in [9.17, 15) is 9.18 Å². The molecule has 0 spiro atoms. The number of benzene rings is 1. The summed E-state index contributed by atoms with van der Waals surface area (Å²) in [5.41, 5.74) is 8.08. The summed E-state index contributed by atoms with van der Waals surface area (Å²) in [5.74, 6) is -1.03. The van der Waals surface area contributed by atoms with E-state index < -0.39 is 11.8 Å². The molecule has 0 bridgehead atoms. The Labute approximate surface area is 153 Å². The quantitative estimate of drug-likeness (QED) is 0.691.